The highest BCUT2D eigenvalue weighted by Crippen LogP contribution is 2.32. The van der Waals surface area contributed by atoms with Crippen LogP contribution < -0.4 is 10.6 Å². The predicted octanol–water partition coefficient (Wildman–Crippen LogP) is 1.83. The van der Waals surface area contributed by atoms with Gasteiger partial charge in [0.2, 0.25) is 5.91 Å². The number of piperidine rings is 1. The van der Waals surface area contributed by atoms with Crippen LogP contribution in [-0.2, 0) is 17.8 Å². The second-order valence-corrected chi connectivity index (χ2v) is 10.4. The number of hydrogen-bond acceptors (Lipinski definition) is 7. The summed E-state index contributed by atoms with van der Waals surface area (Å²) >= 11 is 0. The van der Waals surface area contributed by atoms with Gasteiger partial charge in [-0.15, -0.1) is 0 Å². The Bertz CT molecular complexity index is 1080. The van der Waals surface area contributed by atoms with E-state index in [0.29, 0.717) is 18.3 Å². The number of aliphatic hydroxyl groups is 1. The summed E-state index contributed by atoms with van der Waals surface area (Å²) in [6, 6.07) is 9.84. The lowest BCUT2D eigenvalue weighted by molar-refractivity contribution is -0.133. The van der Waals surface area contributed by atoms with Gasteiger partial charge in [0.1, 0.15) is 17.8 Å². The van der Waals surface area contributed by atoms with E-state index in [-0.39, 0.29) is 23.6 Å². The second kappa shape index (κ2) is 10.9. The van der Waals surface area contributed by atoms with Crippen molar-refractivity contribution >= 4 is 17.6 Å². The molecule has 3 N–H and O–H groups in total. The van der Waals surface area contributed by atoms with Crippen LogP contribution in [0.4, 0.5) is 5.82 Å². The Kier molecular flexibility index (Phi) is 7.48. The summed E-state index contributed by atoms with van der Waals surface area (Å²) in [5.74, 6) is 0.828. The van der Waals surface area contributed by atoms with Crippen LogP contribution in [0.25, 0.3) is 0 Å². The Balaban J connectivity index is 1.09. The molecule has 0 bridgehead atoms. The summed E-state index contributed by atoms with van der Waals surface area (Å²) < 4.78 is 0. The number of amides is 2. The summed E-state index contributed by atoms with van der Waals surface area (Å²) in [7, 11) is 0. The summed E-state index contributed by atoms with van der Waals surface area (Å²) in [4.78, 5) is 37.7. The number of likely N-dealkylation sites (tertiary alicyclic amines) is 1. The first-order valence-corrected chi connectivity index (χ1v) is 13.1. The topological polar surface area (TPSA) is 111 Å². The van der Waals surface area contributed by atoms with Gasteiger partial charge in [0, 0.05) is 50.7 Å². The molecule has 1 saturated heterocycles. The first-order valence-electron chi connectivity index (χ1n) is 13.1. The highest BCUT2D eigenvalue weighted by molar-refractivity contribution is 5.93. The van der Waals surface area contributed by atoms with Crippen molar-refractivity contribution in [3.05, 3.63) is 53.5 Å². The fourth-order valence-electron chi connectivity index (χ4n) is 5.11. The van der Waals surface area contributed by atoms with Crippen molar-refractivity contribution < 1.29 is 14.7 Å². The van der Waals surface area contributed by atoms with Gasteiger partial charge in [0.05, 0.1) is 12.1 Å². The number of rotatable bonds is 8. The molecular weight excluding hydrogens is 456 g/mol. The number of aromatic nitrogens is 2. The van der Waals surface area contributed by atoms with Crippen molar-refractivity contribution in [1.29, 1.82) is 0 Å². The number of nitrogens with zero attached hydrogens (tertiary/aromatic N) is 4. The molecule has 0 radical (unpaired) electrons. The molecule has 3 aliphatic rings. The Morgan fingerprint density at radius 2 is 1.83 bits per heavy atom. The molecule has 2 aliphatic heterocycles. The monoisotopic (exact) mass is 492 g/mol. The molecule has 1 aromatic heterocycles. The predicted molar refractivity (Wildman–Crippen MR) is 136 cm³/mol. The normalized spacial score (nSPS) is 20.3. The third kappa shape index (κ3) is 6.02. The van der Waals surface area contributed by atoms with Crippen LogP contribution in [0.3, 0.4) is 0 Å². The van der Waals surface area contributed by atoms with Crippen LogP contribution in [0.1, 0.15) is 54.2 Å². The van der Waals surface area contributed by atoms with Gasteiger partial charge in [-0.05, 0) is 50.2 Å². The van der Waals surface area contributed by atoms with E-state index in [9.17, 15) is 14.7 Å². The number of fused-ring (bicyclic) bond motifs is 1. The molecule has 36 heavy (non-hydrogen) atoms. The van der Waals surface area contributed by atoms with Crippen molar-refractivity contribution in [3.8, 4) is 0 Å². The Morgan fingerprint density at radius 1 is 1.08 bits per heavy atom. The van der Waals surface area contributed by atoms with Crippen LogP contribution in [0.2, 0.25) is 0 Å². The molecule has 9 nitrogen and oxygen atoms in total. The molecule has 2 fully saturated rings. The van der Waals surface area contributed by atoms with E-state index in [2.05, 4.69) is 43.7 Å². The highest BCUT2D eigenvalue weighted by Gasteiger charge is 2.35. The number of carbonyl (C=O) groups is 2. The van der Waals surface area contributed by atoms with Gasteiger partial charge in [0.25, 0.3) is 5.91 Å². The van der Waals surface area contributed by atoms with Crippen molar-refractivity contribution in [2.45, 2.75) is 63.8 Å². The average Bonchev–Trinajstić information content (AvgIpc) is 3.74. The lowest BCUT2D eigenvalue weighted by atomic mass is 9.99. The largest absolute Gasteiger partial charge is 0.390 e. The van der Waals surface area contributed by atoms with Gasteiger partial charge in [-0.1, -0.05) is 24.3 Å². The molecule has 9 heteroatoms. The van der Waals surface area contributed by atoms with Gasteiger partial charge in [-0.25, -0.2) is 9.97 Å². The summed E-state index contributed by atoms with van der Waals surface area (Å²) in [5.41, 5.74) is 2.93. The molecule has 1 saturated carbocycles. The maximum Gasteiger partial charge on any atom is 0.270 e. The fourth-order valence-corrected chi connectivity index (χ4v) is 5.11. The first kappa shape index (κ1) is 24.6. The van der Waals surface area contributed by atoms with Crippen LogP contribution >= 0.6 is 0 Å². The average molecular weight is 493 g/mol. The minimum atomic E-state index is -0.692. The minimum absolute atomic E-state index is 0.203. The van der Waals surface area contributed by atoms with E-state index in [1.54, 1.807) is 6.07 Å². The van der Waals surface area contributed by atoms with E-state index in [1.807, 2.05) is 17.9 Å². The number of benzene rings is 1. The van der Waals surface area contributed by atoms with E-state index >= 15 is 0 Å². The standard InChI is InChI=1S/C27H36N6O3/c1-18(24(34)16-32-11-8-19-4-2-3-5-21(19)15-32)30-26(35)23-14-25(29-17-28-23)31-22-9-12-33(13-10-22)27(36)20-6-7-20/h2-5,14,17-18,20,22,24,34H,6-13,15-16H2,1H3,(H,30,35)(H,28,29,31). The number of carbonyl (C=O) groups excluding carboxylic acids is 2. The molecule has 2 unspecified atom stereocenters. The molecule has 0 spiro atoms. The fraction of sp³-hybridized carbons (Fsp3) is 0.556. The molecule has 2 atom stereocenters. The van der Waals surface area contributed by atoms with E-state index in [4.69, 9.17) is 0 Å². The minimum Gasteiger partial charge on any atom is -0.390 e. The lowest BCUT2D eigenvalue weighted by Crippen LogP contribution is -2.47. The molecule has 5 rings (SSSR count). The van der Waals surface area contributed by atoms with Crippen LogP contribution in [0, 0.1) is 5.92 Å². The Labute approximate surface area is 212 Å². The van der Waals surface area contributed by atoms with Crippen molar-refractivity contribution in [1.82, 2.24) is 25.1 Å². The zero-order valence-corrected chi connectivity index (χ0v) is 20.9. The van der Waals surface area contributed by atoms with Crippen molar-refractivity contribution in [2.24, 2.45) is 5.92 Å². The van der Waals surface area contributed by atoms with Crippen LogP contribution in [-0.4, -0.2) is 81.1 Å². The van der Waals surface area contributed by atoms with E-state index in [0.717, 1.165) is 58.3 Å². The van der Waals surface area contributed by atoms with Gasteiger partial charge < -0.3 is 20.6 Å². The van der Waals surface area contributed by atoms with Crippen molar-refractivity contribution in [2.75, 3.05) is 31.5 Å². The number of anilines is 1. The number of nitrogens with one attached hydrogen (secondary N) is 2. The maximum atomic E-state index is 12.8. The Hall–Kier alpha value is -3.04. The molecule has 2 amide bonds. The quantitative estimate of drug-likeness (QED) is 0.516. The molecule has 2 aromatic rings. The van der Waals surface area contributed by atoms with Gasteiger partial charge in [-0.3, -0.25) is 14.5 Å². The molecular formula is C27H36N6O3. The molecule has 3 heterocycles. The number of aliphatic hydroxyl groups excluding tert-OH is 1. The van der Waals surface area contributed by atoms with Gasteiger partial charge >= 0.3 is 0 Å². The first-order chi connectivity index (χ1) is 17.5. The van der Waals surface area contributed by atoms with Gasteiger partial charge in [0.15, 0.2) is 0 Å². The summed E-state index contributed by atoms with van der Waals surface area (Å²) in [5, 5.41) is 17.0. The maximum absolute atomic E-state index is 12.8. The second-order valence-electron chi connectivity index (χ2n) is 10.4. The Morgan fingerprint density at radius 3 is 2.58 bits per heavy atom. The highest BCUT2D eigenvalue weighted by atomic mass is 16.3. The zero-order chi connectivity index (χ0) is 25.1. The van der Waals surface area contributed by atoms with Crippen LogP contribution in [0.5, 0.6) is 0 Å². The number of hydrogen-bond donors (Lipinski definition) is 3. The van der Waals surface area contributed by atoms with Crippen molar-refractivity contribution in [3.63, 3.8) is 0 Å². The smallest absolute Gasteiger partial charge is 0.270 e. The third-order valence-corrected chi connectivity index (χ3v) is 7.58. The summed E-state index contributed by atoms with van der Waals surface area (Å²) in [6.07, 6.45) is 5.44. The zero-order valence-electron chi connectivity index (χ0n) is 20.9. The molecule has 1 aromatic carbocycles. The number of β-amino-alcohol motifs (C(OH)–C–C–N with tert-alkyl or cyclic N) is 1. The van der Waals surface area contributed by atoms with Crippen LogP contribution in [0.15, 0.2) is 36.7 Å². The molecule has 1 aliphatic carbocycles. The van der Waals surface area contributed by atoms with E-state index in [1.165, 1.54) is 17.5 Å². The molecule has 192 valence electrons. The third-order valence-electron chi connectivity index (χ3n) is 7.58. The SMILES string of the molecule is CC(NC(=O)c1cc(NC2CCN(C(=O)C3CC3)CC2)ncn1)C(O)CN1CCc2ccccc2C1. The lowest BCUT2D eigenvalue weighted by Gasteiger charge is -2.33. The van der Waals surface area contributed by atoms with Gasteiger partial charge in [-0.2, -0.15) is 0 Å². The summed E-state index contributed by atoms with van der Waals surface area (Å²) in [6.45, 7) is 5.52. The van der Waals surface area contributed by atoms with E-state index < -0.39 is 12.1 Å².